The predicted molar refractivity (Wildman–Crippen MR) is 99.4 cm³/mol. The molecule has 8 heteroatoms. The van der Waals surface area contributed by atoms with Gasteiger partial charge in [-0.25, -0.2) is 0 Å². The highest BCUT2D eigenvalue weighted by atomic mass is 19.4. The summed E-state index contributed by atoms with van der Waals surface area (Å²) in [6.07, 6.45) is -3.43. The molecule has 0 bridgehead atoms. The minimum atomic E-state index is -4.18. The summed E-state index contributed by atoms with van der Waals surface area (Å²) in [6, 6.07) is 8.01. The van der Waals surface area contributed by atoms with E-state index in [0.717, 1.165) is 24.2 Å². The molecular weight excluding hydrogens is 359 g/mol. The largest absolute Gasteiger partial charge is 0.494 e. The second-order valence-corrected chi connectivity index (χ2v) is 6.57. The quantitative estimate of drug-likeness (QED) is 0.557. The molecule has 0 spiro atoms. The number of hydrogen-bond acceptors (Lipinski definition) is 3. The normalized spacial score (nSPS) is 17.4. The van der Waals surface area contributed by atoms with Crippen LogP contribution >= 0.6 is 0 Å². The van der Waals surface area contributed by atoms with Crippen LogP contribution in [0.2, 0.25) is 0 Å². The van der Waals surface area contributed by atoms with Crippen LogP contribution in [-0.4, -0.2) is 52.1 Å². The zero-order chi connectivity index (χ0) is 19.8. The number of rotatable bonds is 7. The second kappa shape index (κ2) is 9.82. The van der Waals surface area contributed by atoms with Gasteiger partial charge in [-0.15, -0.1) is 0 Å². The highest BCUT2D eigenvalue weighted by Gasteiger charge is 2.35. The van der Waals surface area contributed by atoms with Gasteiger partial charge >= 0.3 is 6.18 Å². The first kappa shape index (κ1) is 21.3. The van der Waals surface area contributed by atoms with Crippen molar-refractivity contribution in [2.24, 2.45) is 4.99 Å². The lowest BCUT2D eigenvalue weighted by atomic mass is 9.74. The number of aliphatic imine (C=N–C) groups is 1. The molecule has 2 rings (SSSR count). The lowest BCUT2D eigenvalue weighted by Crippen LogP contribution is -2.48. The third-order valence-electron chi connectivity index (χ3n) is 4.75. The predicted octanol–water partition coefficient (Wildman–Crippen LogP) is 3.25. The fraction of sp³-hybridized carbons (Fsp3) is 0.632. The highest BCUT2D eigenvalue weighted by Crippen LogP contribution is 2.35. The number of nitrogens with one attached hydrogen (secondary N) is 2. The lowest BCUT2D eigenvalue weighted by Gasteiger charge is -2.38. The topological polar surface area (TPSA) is 54.9 Å². The Morgan fingerprint density at radius 1 is 1.19 bits per heavy atom. The van der Waals surface area contributed by atoms with Gasteiger partial charge in [-0.2, -0.15) is 13.2 Å². The molecule has 1 fully saturated rings. The van der Waals surface area contributed by atoms with Crippen molar-refractivity contribution in [3.63, 3.8) is 0 Å². The third-order valence-corrected chi connectivity index (χ3v) is 4.75. The van der Waals surface area contributed by atoms with Crippen LogP contribution in [0.15, 0.2) is 29.3 Å². The molecule has 0 radical (unpaired) electrons. The van der Waals surface area contributed by atoms with E-state index < -0.39 is 12.6 Å². The SMILES string of the molecule is CCOc1ccc(C2(CNC(=NC)NCCC(F)(F)F)CCOCC2)cc1. The minimum Gasteiger partial charge on any atom is -0.494 e. The molecule has 2 N–H and O–H groups in total. The van der Waals surface area contributed by atoms with Crippen LogP contribution in [-0.2, 0) is 10.2 Å². The van der Waals surface area contributed by atoms with Gasteiger partial charge in [0.15, 0.2) is 5.96 Å². The molecule has 1 saturated heterocycles. The molecule has 0 aliphatic carbocycles. The number of benzene rings is 1. The maximum atomic E-state index is 12.3. The molecule has 0 saturated carbocycles. The van der Waals surface area contributed by atoms with Crippen molar-refractivity contribution in [1.29, 1.82) is 0 Å². The molecule has 1 aromatic carbocycles. The van der Waals surface area contributed by atoms with Gasteiger partial charge in [0, 0.05) is 38.8 Å². The van der Waals surface area contributed by atoms with E-state index in [4.69, 9.17) is 9.47 Å². The Labute approximate surface area is 158 Å². The third kappa shape index (κ3) is 6.61. The number of alkyl halides is 3. The summed E-state index contributed by atoms with van der Waals surface area (Å²) in [4.78, 5) is 4.03. The molecular formula is C19H28F3N3O2. The van der Waals surface area contributed by atoms with Crippen LogP contribution in [0.3, 0.4) is 0 Å². The maximum absolute atomic E-state index is 12.3. The van der Waals surface area contributed by atoms with Crippen LogP contribution in [0, 0.1) is 0 Å². The zero-order valence-electron chi connectivity index (χ0n) is 15.9. The van der Waals surface area contributed by atoms with E-state index in [0.29, 0.717) is 32.3 Å². The Bertz CT molecular complexity index is 597. The molecule has 0 aromatic heterocycles. The van der Waals surface area contributed by atoms with Crippen LogP contribution in [0.4, 0.5) is 13.2 Å². The maximum Gasteiger partial charge on any atom is 0.390 e. The lowest BCUT2D eigenvalue weighted by molar-refractivity contribution is -0.132. The summed E-state index contributed by atoms with van der Waals surface area (Å²) in [7, 11) is 1.55. The molecule has 1 aliphatic rings. The van der Waals surface area contributed by atoms with Gasteiger partial charge in [-0.1, -0.05) is 12.1 Å². The zero-order valence-corrected chi connectivity index (χ0v) is 15.9. The summed E-state index contributed by atoms with van der Waals surface area (Å²) < 4.78 is 48.0. The van der Waals surface area contributed by atoms with Crippen molar-refractivity contribution in [3.8, 4) is 5.75 Å². The van der Waals surface area contributed by atoms with Crippen LogP contribution in [0.5, 0.6) is 5.75 Å². The molecule has 0 atom stereocenters. The summed E-state index contributed by atoms with van der Waals surface area (Å²) in [6.45, 7) is 4.21. The number of nitrogens with zero attached hydrogens (tertiary/aromatic N) is 1. The van der Waals surface area contributed by atoms with Crippen molar-refractivity contribution in [1.82, 2.24) is 10.6 Å². The number of guanidine groups is 1. The molecule has 1 heterocycles. The van der Waals surface area contributed by atoms with E-state index in [1.165, 1.54) is 0 Å². The average Bonchev–Trinajstić information content (AvgIpc) is 2.65. The Hall–Kier alpha value is -1.96. The van der Waals surface area contributed by atoms with Crippen molar-refractivity contribution < 1.29 is 22.6 Å². The Balaban J connectivity index is 2.02. The summed E-state index contributed by atoms with van der Waals surface area (Å²) in [5, 5.41) is 5.92. The van der Waals surface area contributed by atoms with Crippen molar-refractivity contribution in [3.05, 3.63) is 29.8 Å². The summed E-state index contributed by atoms with van der Waals surface area (Å²) in [5.41, 5.74) is 0.998. The van der Waals surface area contributed by atoms with Crippen LogP contribution < -0.4 is 15.4 Å². The van der Waals surface area contributed by atoms with E-state index in [1.807, 2.05) is 19.1 Å². The summed E-state index contributed by atoms with van der Waals surface area (Å²) in [5.74, 6) is 1.19. The minimum absolute atomic E-state index is 0.162. The Morgan fingerprint density at radius 2 is 1.85 bits per heavy atom. The van der Waals surface area contributed by atoms with Gasteiger partial charge < -0.3 is 20.1 Å². The standard InChI is InChI=1S/C19H28F3N3O2/c1-3-27-16-6-4-15(5-7-16)18(9-12-26-13-10-18)14-25-17(23-2)24-11-8-19(20,21)22/h4-7H,3,8-14H2,1-2H3,(H2,23,24,25). The van der Waals surface area contributed by atoms with Gasteiger partial charge in [-0.05, 0) is 37.5 Å². The molecule has 0 unspecified atom stereocenters. The first-order valence-electron chi connectivity index (χ1n) is 9.21. The smallest absolute Gasteiger partial charge is 0.390 e. The fourth-order valence-electron chi connectivity index (χ4n) is 3.20. The molecule has 1 aliphatic heterocycles. The second-order valence-electron chi connectivity index (χ2n) is 6.57. The average molecular weight is 387 g/mol. The van der Waals surface area contributed by atoms with Gasteiger partial charge in [0.2, 0.25) is 0 Å². The fourth-order valence-corrected chi connectivity index (χ4v) is 3.20. The van der Waals surface area contributed by atoms with Crippen LogP contribution in [0.25, 0.3) is 0 Å². The van der Waals surface area contributed by atoms with E-state index in [2.05, 4.69) is 27.8 Å². The van der Waals surface area contributed by atoms with Crippen molar-refractivity contribution >= 4 is 5.96 Å². The molecule has 5 nitrogen and oxygen atoms in total. The van der Waals surface area contributed by atoms with E-state index in [9.17, 15) is 13.2 Å². The van der Waals surface area contributed by atoms with E-state index in [-0.39, 0.29) is 12.0 Å². The van der Waals surface area contributed by atoms with Gasteiger partial charge in [0.25, 0.3) is 0 Å². The number of ether oxygens (including phenoxy) is 2. The van der Waals surface area contributed by atoms with Gasteiger partial charge in [0.1, 0.15) is 5.75 Å². The number of hydrogen-bond donors (Lipinski definition) is 2. The number of halogens is 3. The molecule has 152 valence electrons. The van der Waals surface area contributed by atoms with Crippen molar-refractivity contribution in [2.75, 3.05) is 40.0 Å². The van der Waals surface area contributed by atoms with Gasteiger partial charge in [-0.3, -0.25) is 4.99 Å². The first-order chi connectivity index (χ1) is 12.9. The Morgan fingerprint density at radius 3 is 2.41 bits per heavy atom. The van der Waals surface area contributed by atoms with E-state index >= 15 is 0 Å². The highest BCUT2D eigenvalue weighted by molar-refractivity contribution is 5.79. The summed E-state index contributed by atoms with van der Waals surface area (Å²) >= 11 is 0. The van der Waals surface area contributed by atoms with Crippen molar-refractivity contribution in [2.45, 2.75) is 37.8 Å². The first-order valence-corrected chi connectivity index (χ1v) is 9.21. The molecule has 1 aromatic rings. The molecule has 0 amide bonds. The Kier molecular flexibility index (Phi) is 7.77. The van der Waals surface area contributed by atoms with Gasteiger partial charge in [0.05, 0.1) is 13.0 Å². The van der Waals surface area contributed by atoms with E-state index in [1.54, 1.807) is 7.05 Å². The monoisotopic (exact) mass is 387 g/mol. The molecule has 27 heavy (non-hydrogen) atoms. The van der Waals surface area contributed by atoms with Crippen LogP contribution in [0.1, 0.15) is 31.7 Å².